The smallest absolute Gasteiger partial charge is 0.224 e. The number of aromatic nitrogens is 2. The van der Waals surface area contributed by atoms with Crippen molar-refractivity contribution >= 4 is 5.91 Å². The van der Waals surface area contributed by atoms with Gasteiger partial charge < -0.3 is 11.1 Å². The summed E-state index contributed by atoms with van der Waals surface area (Å²) >= 11 is 0. The second-order valence-electron chi connectivity index (χ2n) is 4.28. The number of nitrogens with two attached hydrogens (primary N) is 1. The number of hydrogen-bond donors (Lipinski definition) is 2. The van der Waals surface area contributed by atoms with Gasteiger partial charge in [-0.25, -0.2) is 0 Å². The Kier molecular flexibility index (Phi) is 4.06. The molecule has 1 amide bonds. The van der Waals surface area contributed by atoms with Gasteiger partial charge in [0.1, 0.15) is 0 Å². The Balaban J connectivity index is 2.52. The van der Waals surface area contributed by atoms with Crippen LogP contribution in [-0.4, -0.2) is 21.7 Å². The van der Waals surface area contributed by atoms with Gasteiger partial charge in [0.15, 0.2) is 0 Å². The average molecular weight is 224 g/mol. The van der Waals surface area contributed by atoms with E-state index in [1.807, 2.05) is 34.0 Å². The molecule has 1 heterocycles. The summed E-state index contributed by atoms with van der Waals surface area (Å²) in [5.41, 5.74) is 7.64. The molecule has 0 bridgehead atoms. The van der Waals surface area contributed by atoms with Crippen LogP contribution in [0.2, 0.25) is 0 Å². The Bertz CT molecular complexity index is 370. The fourth-order valence-corrected chi connectivity index (χ4v) is 1.40. The Morgan fingerprint density at radius 3 is 2.69 bits per heavy atom. The van der Waals surface area contributed by atoms with E-state index in [2.05, 4.69) is 10.4 Å². The zero-order valence-corrected chi connectivity index (χ0v) is 10.3. The molecule has 1 aromatic rings. The molecule has 5 nitrogen and oxygen atoms in total. The lowest BCUT2D eigenvalue weighted by Crippen LogP contribution is -2.38. The number of nitrogens with one attached hydrogen (secondary N) is 1. The topological polar surface area (TPSA) is 72.9 Å². The molecule has 0 saturated carbocycles. The minimum Gasteiger partial charge on any atom is -0.352 e. The van der Waals surface area contributed by atoms with Gasteiger partial charge in [0, 0.05) is 37.3 Å². The quantitative estimate of drug-likeness (QED) is 0.774. The van der Waals surface area contributed by atoms with Crippen LogP contribution in [0.25, 0.3) is 0 Å². The predicted molar refractivity (Wildman–Crippen MR) is 62.6 cm³/mol. The maximum atomic E-state index is 11.7. The summed E-state index contributed by atoms with van der Waals surface area (Å²) in [6, 6.07) is -0.130. The fraction of sp³-hybridized carbons (Fsp3) is 0.636. The molecule has 0 radical (unpaired) electrons. The first-order valence-electron chi connectivity index (χ1n) is 5.44. The van der Waals surface area contributed by atoms with Gasteiger partial charge in [-0.1, -0.05) is 6.92 Å². The molecular weight excluding hydrogens is 204 g/mol. The summed E-state index contributed by atoms with van der Waals surface area (Å²) in [7, 11) is 1.86. The van der Waals surface area contributed by atoms with Crippen LogP contribution in [-0.2, 0) is 18.4 Å². The third-order valence-corrected chi connectivity index (χ3v) is 2.77. The summed E-state index contributed by atoms with van der Waals surface area (Å²) in [4.78, 5) is 11.7. The molecule has 1 rings (SSSR count). The zero-order chi connectivity index (χ0) is 12.3. The molecule has 0 spiro atoms. The third kappa shape index (κ3) is 3.06. The number of carbonyl (C=O) groups is 1. The van der Waals surface area contributed by atoms with Gasteiger partial charge in [0.05, 0.1) is 5.69 Å². The maximum absolute atomic E-state index is 11.7. The molecule has 0 fully saturated rings. The molecule has 0 aliphatic carbocycles. The van der Waals surface area contributed by atoms with Crippen molar-refractivity contribution in [3.8, 4) is 0 Å². The highest BCUT2D eigenvalue weighted by Crippen LogP contribution is 2.05. The van der Waals surface area contributed by atoms with Crippen molar-refractivity contribution in [3.05, 3.63) is 17.5 Å². The third-order valence-electron chi connectivity index (χ3n) is 2.77. The lowest BCUT2D eigenvalue weighted by molar-refractivity contribution is -0.125. The number of rotatable bonds is 4. The molecule has 0 aliphatic heterocycles. The van der Waals surface area contributed by atoms with Crippen molar-refractivity contribution in [2.45, 2.75) is 33.4 Å². The zero-order valence-electron chi connectivity index (χ0n) is 10.3. The minimum atomic E-state index is -0.169. The van der Waals surface area contributed by atoms with Crippen LogP contribution in [0.3, 0.4) is 0 Å². The highest BCUT2D eigenvalue weighted by molar-refractivity contribution is 5.78. The van der Waals surface area contributed by atoms with Crippen molar-refractivity contribution in [3.63, 3.8) is 0 Å². The first-order valence-corrected chi connectivity index (χ1v) is 5.44. The highest BCUT2D eigenvalue weighted by atomic mass is 16.1. The number of amides is 1. The Morgan fingerprint density at radius 1 is 1.62 bits per heavy atom. The van der Waals surface area contributed by atoms with E-state index in [0.717, 1.165) is 11.3 Å². The van der Waals surface area contributed by atoms with Gasteiger partial charge in [0.2, 0.25) is 5.91 Å². The standard InChI is InChI=1S/C11H20N4O/c1-7(8(2)12)11(16)13-5-10-6-15(4)14-9(10)3/h6-8H,5,12H2,1-4H3,(H,13,16). The van der Waals surface area contributed by atoms with E-state index < -0.39 is 0 Å². The maximum Gasteiger partial charge on any atom is 0.224 e. The Morgan fingerprint density at radius 2 is 2.25 bits per heavy atom. The number of nitrogens with zero attached hydrogens (tertiary/aromatic N) is 2. The first kappa shape index (κ1) is 12.7. The number of hydrogen-bond acceptors (Lipinski definition) is 3. The van der Waals surface area contributed by atoms with Crippen LogP contribution in [0.1, 0.15) is 25.1 Å². The van der Waals surface area contributed by atoms with E-state index in [1.54, 1.807) is 4.68 Å². The van der Waals surface area contributed by atoms with Gasteiger partial charge in [-0.15, -0.1) is 0 Å². The number of carbonyl (C=O) groups excluding carboxylic acids is 1. The summed E-state index contributed by atoms with van der Waals surface area (Å²) in [5, 5.41) is 7.07. The van der Waals surface area contributed by atoms with Crippen molar-refractivity contribution in [2.24, 2.45) is 18.7 Å². The van der Waals surface area contributed by atoms with Crippen molar-refractivity contribution in [2.75, 3.05) is 0 Å². The van der Waals surface area contributed by atoms with Crippen molar-refractivity contribution in [1.82, 2.24) is 15.1 Å². The SMILES string of the molecule is Cc1nn(C)cc1CNC(=O)C(C)C(C)N. The van der Waals surface area contributed by atoms with E-state index >= 15 is 0 Å². The molecule has 3 N–H and O–H groups in total. The van der Waals surface area contributed by atoms with Gasteiger partial charge in [-0.3, -0.25) is 9.48 Å². The molecule has 0 aliphatic rings. The van der Waals surface area contributed by atoms with Gasteiger partial charge in [-0.2, -0.15) is 5.10 Å². The predicted octanol–water partition coefficient (Wildman–Crippen LogP) is 0.328. The van der Waals surface area contributed by atoms with E-state index in [4.69, 9.17) is 5.73 Å². The van der Waals surface area contributed by atoms with Crippen LogP contribution in [0.4, 0.5) is 0 Å². The monoisotopic (exact) mass is 224 g/mol. The highest BCUT2D eigenvalue weighted by Gasteiger charge is 2.16. The van der Waals surface area contributed by atoms with Crippen LogP contribution >= 0.6 is 0 Å². The molecule has 0 aromatic carbocycles. The Hall–Kier alpha value is -1.36. The second-order valence-corrected chi connectivity index (χ2v) is 4.28. The fourth-order valence-electron chi connectivity index (χ4n) is 1.40. The normalized spacial score (nSPS) is 14.6. The van der Waals surface area contributed by atoms with Crippen molar-refractivity contribution < 1.29 is 4.79 Å². The van der Waals surface area contributed by atoms with Crippen LogP contribution in [0, 0.1) is 12.8 Å². The summed E-state index contributed by atoms with van der Waals surface area (Å²) in [5.74, 6) is -0.185. The van der Waals surface area contributed by atoms with Crippen LogP contribution in [0.15, 0.2) is 6.20 Å². The number of aryl methyl sites for hydroxylation is 2. The first-order chi connectivity index (χ1) is 7.41. The molecule has 2 atom stereocenters. The van der Waals surface area contributed by atoms with Crippen molar-refractivity contribution in [1.29, 1.82) is 0 Å². The lowest BCUT2D eigenvalue weighted by Gasteiger charge is -2.14. The summed E-state index contributed by atoms with van der Waals surface area (Å²) < 4.78 is 1.74. The molecule has 1 aromatic heterocycles. The molecule has 5 heteroatoms. The van der Waals surface area contributed by atoms with E-state index in [1.165, 1.54) is 0 Å². The molecule has 16 heavy (non-hydrogen) atoms. The second kappa shape index (κ2) is 5.12. The van der Waals surface area contributed by atoms with E-state index in [-0.39, 0.29) is 17.9 Å². The average Bonchev–Trinajstić information content (AvgIpc) is 2.52. The van der Waals surface area contributed by atoms with Gasteiger partial charge in [-0.05, 0) is 13.8 Å². The summed E-state index contributed by atoms with van der Waals surface area (Å²) in [6.45, 7) is 6.10. The largest absolute Gasteiger partial charge is 0.352 e. The van der Waals surface area contributed by atoms with Crippen LogP contribution in [0.5, 0.6) is 0 Å². The Labute approximate surface area is 96.0 Å². The molecule has 2 unspecified atom stereocenters. The van der Waals surface area contributed by atoms with Gasteiger partial charge >= 0.3 is 0 Å². The minimum absolute atomic E-state index is 0.0155. The van der Waals surface area contributed by atoms with E-state index in [9.17, 15) is 4.79 Å². The van der Waals surface area contributed by atoms with Gasteiger partial charge in [0.25, 0.3) is 0 Å². The molecule has 90 valence electrons. The summed E-state index contributed by atoms with van der Waals surface area (Å²) in [6.07, 6.45) is 1.91. The van der Waals surface area contributed by atoms with E-state index in [0.29, 0.717) is 6.54 Å². The lowest BCUT2D eigenvalue weighted by atomic mass is 10.0. The molecule has 0 saturated heterocycles. The van der Waals surface area contributed by atoms with Crippen LogP contribution < -0.4 is 11.1 Å². The molecular formula is C11H20N4O.